The molecule has 142 valence electrons. The SMILES string of the molecule is Cn1c(=NC(=O)CS(=O)(=O)Cc2ccccc2)sc2c3ccccc3ccc21. The highest BCUT2D eigenvalue weighted by Crippen LogP contribution is 2.27. The van der Waals surface area contributed by atoms with Crippen molar-refractivity contribution in [1.29, 1.82) is 0 Å². The van der Waals surface area contributed by atoms with Crippen molar-refractivity contribution in [3.05, 3.63) is 77.1 Å². The smallest absolute Gasteiger partial charge is 0.263 e. The maximum atomic E-state index is 12.4. The summed E-state index contributed by atoms with van der Waals surface area (Å²) in [4.78, 5) is 16.9. The molecule has 0 aliphatic heterocycles. The second-order valence-corrected chi connectivity index (χ2v) is 9.64. The second-order valence-electron chi connectivity index (χ2n) is 6.60. The van der Waals surface area contributed by atoms with Crippen LogP contribution < -0.4 is 4.80 Å². The van der Waals surface area contributed by atoms with E-state index in [1.165, 1.54) is 11.3 Å². The van der Waals surface area contributed by atoms with E-state index in [4.69, 9.17) is 0 Å². The Morgan fingerprint density at radius 1 is 1.00 bits per heavy atom. The van der Waals surface area contributed by atoms with Crippen LogP contribution in [0.25, 0.3) is 21.0 Å². The lowest BCUT2D eigenvalue weighted by molar-refractivity contribution is -0.115. The Morgan fingerprint density at radius 2 is 1.71 bits per heavy atom. The number of carbonyl (C=O) groups excluding carboxylic acids is 1. The Morgan fingerprint density at radius 3 is 2.50 bits per heavy atom. The molecule has 7 heteroatoms. The summed E-state index contributed by atoms with van der Waals surface area (Å²) in [6.07, 6.45) is 0. The summed E-state index contributed by atoms with van der Waals surface area (Å²) >= 11 is 1.39. The van der Waals surface area contributed by atoms with Gasteiger partial charge in [-0.1, -0.05) is 72.0 Å². The zero-order chi connectivity index (χ0) is 19.7. The van der Waals surface area contributed by atoms with E-state index >= 15 is 0 Å². The van der Waals surface area contributed by atoms with Crippen molar-refractivity contribution >= 4 is 48.1 Å². The molecule has 0 aliphatic carbocycles. The van der Waals surface area contributed by atoms with Crippen molar-refractivity contribution < 1.29 is 13.2 Å². The molecule has 0 fully saturated rings. The molecule has 0 atom stereocenters. The summed E-state index contributed by atoms with van der Waals surface area (Å²) in [5.41, 5.74) is 1.62. The van der Waals surface area contributed by atoms with E-state index in [0.29, 0.717) is 10.4 Å². The quantitative estimate of drug-likeness (QED) is 0.518. The number of aryl methyl sites for hydroxylation is 1. The van der Waals surface area contributed by atoms with Crippen LogP contribution in [0.15, 0.2) is 71.7 Å². The van der Waals surface area contributed by atoms with Crippen LogP contribution >= 0.6 is 11.3 Å². The molecule has 0 N–H and O–H groups in total. The predicted molar refractivity (Wildman–Crippen MR) is 113 cm³/mol. The molecular formula is C21H18N2O3S2. The van der Waals surface area contributed by atoms with E-state index in [-0.39, 0.29) is 5.75 Å². The van der Waals surface area contributed by atoms with Crippen molar-refractivity contribution in [2.24, 2.45) is 12.0 Å². The van der Waals surface area contributed by atoms with Gasteiger partial charge in [0, 0.05) is 12.4 Å². The van der Waals surface area contributed by atoms with Crippen LogP contribution in [0.1, 0.15) is 5.56 Å². The first-order valence-electron chi connectivity index (χ1n) is 8.72. The fraction of sp³-hybridized carbons (Fsp3) is 0.143. The summed E-state index contributed by atoms with van der Waals surface area (Å²) in [5, 5.41) is 2.20. The molecule has 3 aromatic carbocycles. The van der Waals surface area contributed by atoms with Gasteiger partial charge in [0.1, 0.15) is 5.75 Å². The number of aromatic nitrogens is 1. The van der Waals surface area contributed by atoms with Gasteiger partial charge < -0.3 is 4.57 Å². The molecular weight excluding hydrogens is 392 g/mol. The monoisotopic (exact) mass is 410 g/mol. The zero-order valence-corrected chi connectivity index (χ0v) is 16.8. The van der Waals surface area contributed by atoms with Gasteiger partial charge in [-0.2, -0.15) is 4.99 Å². The molecule has 0 spiro atoms. The van der Waals surface area contributed by atoms with Crippen LogP contribution in [0.3, 0.4) is 0 Å². The largest absolute Gasteiger partial charge is 0.319 e. The van der Waals surface area contributed by atoms with Gasteiger partial charge in [-0.05, 0) is 17.0 Å². The standard InChI is InChI=1S/C21H18N2O3S2/c1-23-18-12-11-16-9-5-6-10-17(16)20(18)27-21(23)22-19(24)14-28(25,26)13-15-7-3-2-4-8-15/h2-12H,13-14H2,1H3. The first kappa shape index (κ1) is 18.6. The molecule has 0 unspecified atom stereocenters. The minimum Gasteiger partial charge on any atom is -0.319 e. The number of sulfone groups is 1. The van der Waals surface area contributed by atoms with E-state index in [1.807, 2.05) is 54.1 Å². The van der Waals surface area contributed by atoms with Gasteiger partial charge in [0.15, 0.2) is 14.6 Å². The first-order valence-corrected chi connectivity index (χ1v) is 11.4. The van der Waals surface area contributed by atoms with Gasteiger partial charge in [0.05, 0.1) is 16.0 Å². The van der Waals surface area contributed by atoms with E-state index in [0.717, 1.165) is 21.0 Å². The number of hydrogen-bond acceptors (Lipinski definition) is 4. The number of nitrogens with zero attached hydrogens (tertiary/aromatic N) is 2. The topological polar surface area (TPSA) is 68.5 Å². The highest BCUT2D eigenvalue weighted by atomic mass is 32.2. The molecule has 1 aromatic heterocycles. The summed E-state index contributed by atoms with van der Waals surface area (Å²) in [5.74, 6) is -1.42. The van der Waals surface area contributed by atoms with Gasteiger partial charge in [0.25, 0.3) is 5.91 Å². The van der Waals surface area contributed by atoms with Gasteiger partial charge in [0.2, 0.25) is 0 Å². The lowest BCUT2D eigenvalue weighted by Gasteiger charge is -2.02. The molecule has 1 amide bonds. The molecule has 0 saturated heterocycles. The van der Waals surface area contributed by atoms with E-state index < -0.39 is 21.5 Å². The van der Waals surface area contributed by atoms with Crippen LogP contribution in [0.2, 0.25) is 0 Å². The molecule has 4 aromatic rings. The normalized spacial score (nSPS) is 12.7. The van der Waals surface area contributed by atoms with Crippen LogP contribution in [0.4, 0.5) is 0 Å². The van der Waals surface area contributed by atoms with Crippen molar-refractivity contribution in [3.63, 3.8) is 0 Å². The molecule has 28 heavy (non-hydrogen) atoms. The minimum absolute atomic E-state index is 0.168. The Labute approximate surface area is 166 Å². The Kier molecular flexibility index (Phi) is 4.87. The number of thiazole rings is 1. The molecule has 1 heterocycles. The third-order valence-corrected chi connectivity index (χ3v) is 7.13. The number of hydrogen-bond donors (Lipinski definition) is 0. The molecule has 0 aliphatic rings. The molecule has 0 saturated carbocycles. The highest BCUT2D eigenvalue weighted by molar-refractivity contribution is 7.91. The highest BCUT2D eigenvalue weighted by Gasteiger charge is 2.17. The lowest BCUT2D eigenvalue weighted by Crippen LogP contribution is -2.20. The summed E-state index contributed by atoms with van der Waals surface area (Å²) in [6.45, 7) is 0. The van der Waals surface area contributed by atoms with Gasteiger partial charge in [-0.3, -0.25) is 4.79 Å². The first-order chi connectivity index (χ1) is 13.4. The fourth-order valence-electron chi connectivity index (χ4n) is 3.17. The zero-order valence-electron chi connectivity index (χ0n) is 15.2. The number of fused-ring (bicyclic) bond motifs is 3. The Hall–Kier alpha value is -2.77. The summed E-state index contributed by atoms with van der Waals surface area (Å²) in [6, 6.07) is 20.9. The Bertz CT molecular complexity index is 1350. The molecule has 0 radical (unpaired) electrons. The van der Waals surface area contributed by atoms with Gasteiger partial charge in [-0.25, -0.2) is 8.42 Å². The average molecular weight is 411 g/mol. The van der Waals surface area contributed by atoms with Crippen molar-refractivity contribution in [1.82, 2.24) is 4.57 Å². The van der Waals surface area contributed by atoms with Crippen molar-refractivity contribution in [2.75, 3.05) is 5.75 Å². The van der Waals surface area contributed by atoms with Crippen LogP contribution in [-0.2, 0) is 27.4 Å². The van der Waals surface area contributed by atoms with Crippen LogP contribution in [0.5, 0.6) is 0 Å². The van der Waals surface area contributed by atoms with Crippen molar-refractivity contribution in [2.45, 2.75) is 5.75 Å². The third kappa shape index (κ3) is 3.76. The van der Waals surface area contributed by atoms with Gasteiger partial charge >= 0.3 is 0 Å². The van der Waals surface area contributed by atoms with E-state index in [1.54, 1.807) is 24.3 Å². The lowest BCUT2D eigenvalue weighted by atomic mass is 10.1. The maximum absolute atomic E-state index is 12.4. The number of rotatable bonds is 4. The number of carbonyl (C=O) groups is 1. The van der Waals surface area contributed by atoms with E-state index in [2.05, 4.69) is 4.99 Å². The minimum atomic E-state index is -3.58. The van der Waals surface area contributed by atoms with Crippen molar-refractivity contribution in [3.8, 4) is 0 Å². The molecule has 0 bridgehead atoms. The predicted octanol–water partition coefficient (Wildman–Crippen LogP) is 3.44. The average Bonchev–Trinajstić information content (AvgIpc) is 2.97. The van der Waals surface area contributed by atoms with Crippen LogP contribution in [0, 0.1) is 0 Å². The Balaban J connectivity index is 1.66. The molecule has 4 rings (SSSR count). The van der Waals surface area contributed by atoms with Gasteiger partial charge in [-0.15, -0.1) is 0 Å². The fourth-order valence-corrected chi connectivity index (χ4v) is 5.58. The summed E-state index contributed by atoms with van der Waals surface area (Å²) < 4.78 is 27.6. The number of amides is 1. The van der Waals surface area contributed by atoms with E-state index in [9.17, 15) is 13.2 Å². The van der Waals surface area contributed by atoms with Crippen LogP contribution in [-0.4, -0.2) is 24.6 Å². The summed E-state index contributed by atoms with van der Waals surface area (Å²) in [7, 11) is -1.75. The second kappa shape index (κ2) is 7.33. The molecule has 5 nitrogen and oxygen atoms in total. The number of benzene rings is 3. The maximum Gasteiger partial charge on any atom is 0.263 e. The third-order valence-electron chi connectivity index (χ3n) is 4.49.